The smallest absolute Gasteiger partial charge is 0.184 e. The van der Waals surface area contributed by atoms with E-state index in [0.717, 1.165) is 11.1 Å². The Balaban J connectivity index is 1.01. The standard InChI is InChI=1S/C32H36N2O10/c35-23-25(37)29(41-21-15-39-31(43-27(21)23)17-9-3-1-4-10-17)33-19-13-7-8-14-20(19)34-30-26(38)24(36)28-22(42-30)16-40-32(44-28)18-11-5-2-6-12-18/h1-14,21-38H,15-16H2/t21-,22-,23-,24-,25-,26-,27-,28-,29-,30-,31?,32?/m1/s1. The van der Waals surface area contributed by atoms with Gasteiger partial charge in [0.05, 0.1) is 24.6 Å². The third-order valence-electron chi connectivity index (χ3n) is 8.42. The van der Waals surface area contributed by atoms with Crippen LogP contribution in [0.25, 0.3) is 0 Å². The van der Waals surface area contributed by atoms with Crippen LogP contribution in [0.3, 0.4) is 0 Å². The van der Waals surface area contributed by atoms with Gasteiger partial charge in [-0.05, 0) is 12.1 Å². The van der Waals surface area contributed by atoms with E-state index in [4.69, 9.17) is 28.4 Å². The Bertz CT molecular complexity index is 1280. The first-order chi connectivity index (χ1) is 21.5. The first kappa shape index (κ1) is 29.6. The van der Waals surface area contributed by atoms with Gasteiger partial charge in [-0.25, -0.2) is 0 Å². The molecule has 0 radical (unpaired) electrons. The highest BCUT2D eigenvalue weighted by molar-refractivity contribution is 5.69. The van der Waals surface area contributed by atoms with E-state index in [-0.39, 0.29) is 13.2 Å². The maximum Gasteiger partial charge on any atom is 0.184 e. The molecule has 3 aromatic carbocycles. The molecule has 4 aliphatic rings. The summed E-state index contributed by atoms with van der Waals surface area (Å²) in [6, 6.07) is 25.8. The predicted molar refractivity (Wildman–Crippen MR) is 155 cm³/mol. The second-order valence-electron chi connectivity index (χ2n) is 11.3. The molecular weight excluding hydrogens is 572 g/mol. The molecule has 12 heteroatoms. The molecule has 0 aliphatic carbocycles. The summed E-state index contributed by atoms with van der Waals surface area (Å²) in [6.07, 6.45) is -11.4. The maximum absolute atomic E-state index is 11.0. The van der Waals surface area contributed by atoms with Crippen molar-refractivity contribution in [2.45, 2.75) is 73.9 Å². The molecule has 44 heavy (non-hydrogen) atoms. The van der Waals surface area contributed by atoms with Gasteiger partial charge in [-0.15, -0.1) is 0 Å². The van der Waals surface area contributed by atoms with Crippen LogP contribution in [0.1, 0.15) is 23.7 Å². The van der Waals surface area contributed by atoms with Crippen LogP contribution in [-0.2, 0) is 28.4 Å². The van der Waals surface area contributed by atoms with Crippen molar-refractivity contribution in [3.63, 3.8) is 0 Å². The van der Waals surface area contributed by atoms with Crippen LogP contribution in [0.5, 0.6) is 0 Å². The second-order valence-corrected chi connectivity index (χ2v) is 11.3. The van der Waals surface area contributed by atoms with Gasteiger partial charge in [-0.3, -0.25) is 0 Å². The quantitative estimate of drug-likeness (QED) is 0.241. The first-order valence-electron chi connectivity index (χ1n) is 14.8. The summed E-state index contributed by atoms with van der Waals surface area (Å²) in [5.74, 6) is 0. The summed E-state index contributed by atoms with van der Waals surface area (Å²) in [5, 5.41) is 50.3. The first-order valence-corrected chi connectivity index (χ1v) is 14.8. The van der Waals surface area contributed by atoms with E-state index in [2.05, 4.69) is 10.6 Å². The monoisotopic (exact) mass is 608 g/mol. The molecule has 4 aliphatic heterocycles. The van der Waals surface area contributed by atoms with Gasteiger partial charge in [0.25, 0.3) is 0 Å². The van der Waals surface area contributed by atoms with Crippen LogP contribution in [0.4, 0.5) is 11.4 Å². The van der Waals surface area contributed by atoms with E-state index in [1.807, 2.05) is 60.7 Å². The topological polar surface area (TPSA) is 160 Å². The van der Waals surface area contributed by atoms with E-state index >= 15 is 0 Å². The predicted octanol–water partition coefficient (Wildman–Crippen LogP) is 1.63. The molecule has 2 unspecified atom stereocenters. The lowest BCUT2D eigenvalue weighted by atomic mass is 9.96. The molecule has 4 heterocycles. The minimum absolute atomic E-state index is 0.157. The average Bonchev–Trinajstić information content (AvgIpc) is 3.07. The number of para-hydroxylation sites is 2. The summed E-state index contributed by atoms with van der Waals surface area (Å²) >= 11 is 0. The fourth-order valence-electron chi connectivity index (χ4n) is 6.06. The molecule has 3 aromatic rings. The van der Waals surface area contributed by atoms with Gasteiger partial charge in [-0.1, -0.05) is 72.8 Å². The van der Waals surface area contributed by atoms with Gasteiger partial charge >= 0.3 is 0 Å². The van der Waals surface area contributed by atoms with E-state index in [0.29, 0.717) is 11.4 Å². The molecule has 12 nitrogen and oxygen atoms in total. The summed E-state index contributed by atoms with van der Waals surface area (Å²) in [7, 11) is 0. The molecule has 7 rings (SSSR count). The van der Waals surface area contributed by atoms with E-state index < -0.39 is 73.9 Å². The van der Waals surface area contributed by atoms with Crippen molar-refractivity contribution >= 4 is 11.4 Å². The van der Waals surface area contributed by atoms with Crippen LogP contribution in [0.2, 0.25) is 0 Å². The van der Waals surface area contributed by atoms with E-state index in [9.17, 15) is 20.4 Å². The SMILES string of the molecule is O[C@@H]1[C@@H](O)[C@H](Nc2ccccc2N[C@@H]2O[C@@H]3COC(c4ccccc4)O[C@H]3[C@H](O)[C@H]2O)O[C@@H]2COC(c3ccccc3)O[C@@H]12. The molecule has 234 valence electrons. The van der Waals surface area contributed by atoms with Gasteiger partial charge in [0.2, 0.25) is 0 Å². The Kier molecular flexibility index (Phi) is 8.53. The molecule has 0 bridgehead atoms. The van der Waals surface area contributed by atoms with E-state index in [1.165, 1.54) is 0 Å². The second kappa shape index (κ2) is 12.7. The zero-order valence-electron chi connectivity index (χ0n) is 23.7. The Morgan fingerprint density at radius 3 is 1.27 bits per heavy atom. The number of rotatable bonds is 6. The lowest BCUT2D eigenvalue weighted by molar-refractivity contribution is -0.325. The molecule has 4 saturated heterocycles. The number of hydrogen-bond donors (Lipinski definition) is 6. The highest BCUT2D eigenvalue weighted by atomic mass is 16.7. The number of hydrogen-bond acceptors (Lipinski definition) is 12. The lowest BCUT2D eigenvalue weighted by Crippen LogP contribution is -2.63. The van der Waals surface area contributed by atoms with Crippen molar-refractivity contribution in [3.05, 3.63) is 96.1 Å². The van der Waals surface area contributed by atoms with Gasteiger partial charge in [0.1, 0.15) is 48.8 Å². The number of aliphatic hydroxyl groups excluding tert-OH is 4. The van der Waals surface area contributed by atoms with Crippen molar-refractivity contribution in [2.75, 3.05) is 23.8 Å². The number of anilines is 2. The van der Waals surface area contributed by atoms with Gasteiger partial charge in [0.15, 0.2) is 25.0 Å². The minimum Gasteiger partial charge on any atom is -0.387 e. The van der Waals surface area contributed by atoms with Crippen molar-refractivity contribution < 1.29 is 48.8 Å². The van der Waals surface area contributed by atoms with Crippen LogP contribution >= 0.6 is 0 Å². The van der Waals surface area contributed by atoms with Gasteiger partial charge in [0, 0.05) is 11.1 Å². The third kappa shape index (κ3) is 5.82. The van der Waals surface area contributed by atoms with Crippen molar-refractivity contribution in [1.82, 2.24) is 0 Å². The number of nitrogens with one attached hydrogen (secondary N) is 2. The number of fused-ring (bicyclic) bond motifs is 2. The highest BCUT2D eigenvalue weighted by Gasteiger charge is 2.50. The third-order valence-corrected chi connectivity index (χ3v) is 8.42. The number of ether oxygens (including phenoxy) is 6. The Labute approximate surface area is 254 Å². The fourth-order valence-corrected chi connectivity index (χ4v) is 6.06. The summed E-state index contributed by atoms with van der Waals surface area (Å²) in [5.41, 5.74) is 2.63. The molecule has 6 N–H and O–H groups in total. The number of aliphatic hydroxyl groups is 4. The average molecular weight is 609 g/mol. The Hall–Kier alpha value is -3.14. The van der Waals surface area contributed by atoms with Crippen molar-refractivity contribution in [1.29, 1.82) is 0 Å². The zero-order valence-corrected chi connectivity index (χ0v) is 23.7. The maximum atomic E-state index is 11.0. The van der Waals surface area contributed by atoms with Crippen LogP contribution in [-0.4, -0.2) is 94.9 Å². The lowest BCUT2D eigenvalue weighted by Gasteiger charge is -2.47. The van der Waals surface area contributed by atoms with Crippen LogP contribution in [0, 0.1) is 0 Å². The summed E-state index contributed by atoms with van der Waals surface area (Å²) < 4.78 is 35.9. The molecular formula is C32H36N2O10. The van der Waals surface area contributed by atoms with Gasteiger partial charge < -0.3 is 59.5 Å². The summed E-state index contributed by atoms with van der Waals surface area (Å²) in [4.78, 5) is 0. The molecule has 0 spiro atoms. The largest absolute Gasteiger partial charge is 0.387 e. The molecule has 0 amide bonds. The zero-order chi connectivity index (χ0) is 30.2. The van der Waals surface area contributed by atoms with Crippen molar-refractivity contribution in [3.8, 4) is 0 Å². The molecule has 4 fully saturated rings. The van der Waals surface area contributed by atoms with Crippen LogP contribution in [0.15, 0.2) is 84.9 Å². The summed E-state index contributed by atoms with van der Waals surface area (Å²) in [6.45, 7) is 0.313. The normalized spacial score (nSPS) is 38.6. The fraction of sp³-hybridized carbons (Fsp3) is 0.438. The Morgan fingerprint density at radius 1 is 0.477 bits per heavy atom. The highest BCUT2D eigenvalue weighted by Crippen LogP contribution is 2.37. The molecule has 0 saturated carbocycles. The van der Waals surface area contributed by atoms with Crippen molar-refractivity contribution in [2.24, 2.45) is 0 Å². The van der Waals surface area contributed by atoms with Crippen LogP contribution < -0.4 is 10.6 Å². The molecule has 12 atom stereocenters. The molecule has 0 aromatic heterocycles. The van der Waals surface area contributed by atoms with E-state index in [1.54, 1.807) is 24.3 Å². The Morgan fingerprint density at radius 2 is 0.864 bits per heavy atom. The van der Waals surface area contributed by atoms with Gasteiger partial charge in [-0.2, -0.15) is 0 Å². The minimum atomic E-state index is -1.33. The number of benzene rings is 3.